The van der Waals surface area contributed by atoms with Gasteiger partial charge in [0.05, 0.1) is 11.2 Å². The van der Waals surface area contributed by atoms with Crippen LogP contribution >= 0.6 is 11.6 Å². The van der Waals surface area contributed by atoms with E-state index in [0.29, 0.717) is 17.2 Å². The van der Waals surface area contributed by atoms with Crippen LogP contribution in [0.3, 0.4) is 0 Å². The molecule has 26 heavy (non-hydrogen) atoms. The molecular weight excluding hydrogens is 356 g/mol. The van der Waals surface area contributed by atoms with Crippen molar-refractivity contribution >= 4 is 29.2 Å². The lowest BCUT2D eigenvalue weighted by Crippen LogP contribution is -2.25. The maximum Gasteiger partial charge on any atom is 0.255 e. The Morgan fingerprint density at radius 1 is 1.50 bits per heavy atom. The fourth-order valence-electron chi connectivity index (χ4n) is 3.04. The summed E-state index contributed by atoms with van der Waals surface area (Å²) in [6.45, 7) is 2.64. The number of nitrogens with zero attached hydrogens (tertiary/aromatic N) is 2. The van der Waals surface area contributed by atoms with Crippen LogP contribution in [0.15, 0.2) is 24.4 Å². The first kappa shape index (κ1) is 18.3. The summed E-state index contributed by atoms with van der Waals surface area (Å²) in [7, 11) is 0. The molecule has 0 saturated heterocycles. The van der Waals surface area contributed by atoms with Crippen LogP contribution in [0.4, 0.5) is 5.82 Å². The number of fused-ring (bicyclic) bond motifs is 1. The second-order valence-corrected chi connectivity index (χ2v) is 6.68. The van der Waals surface area contributed by atoms with Gasteiger partial charge in [-0.3, -0.25) is 9.59 Å². The number of amides is 2. The number of ether oxygens (including phenoxy) is 1. The molecule has 0 radical (unpaired) electrons. The number of nitrogens with two attached hydrogens (primary N) is 1. The van der Waals surface area contributed by atoms with E-state index in [4.69, 9.17) is 22.1 Å². The van der Waals surface area contributed by atoms with Crippen LogP contribution in [0.25, 0.3) is 0 Å². The largest absolute Gasteiger partial charge is 0.482 e. The van der Waals surface area contributed by atoms with Crippen molar-refractivity contribution in [2.75, 3.05) is 11.9 Å². The van der Waals surface area contributed by atoms with Crippen molar-refractivity contribution < 1.29 is 14.3 Å². The smallest absolute Gasteiger partial charge is 0.255 e. The monoisotopic (exact) mass is 376 g/mol. The molecule has 1 aliphatic rings. The quantitative estimate of drug-likeness (QED) is 0.775. The van der Waals surface area contributed by atoms with E-state index in [-0.39, 0.29) is 18.4 Å². The van der Waals surface area contributed by atoms with E-state index in [1.807, 2.05) is 10.7 Å². The Labute approximate surface area is 156 Å². The predicted octanol–water partition coefficient (Wildman–Crippen LogP) is 2.67. The highest BCUT2D eigenvalue weighted by Crippen LogP contribution is 2.39. The number of aryl methyl sites for hydroxylation is 1. The fourth-order valence-corrected chi connectivity index (χ4v) is 3.29. The molecule has 3 rings (SSSR count). The molecule has 0 spiro atoms. The van der Waals surface area contributed by atoms with Gasteiger partial charge in [-0.25, -0.2) is 4.68 Å². The van der Waals surface area contributed by atoms with Crippen LogP contribution in [0.1, 0.15) is 43.2 Å². The molecule has 1 atom stereocenters. The fraction of sp³-hybridized carbons (Fsp3) is 0.389. The van der Waals surface area contributed by atoms with E-state index >= 15 is 0 Å². The number of halogens is 1. The molecule has 2 heterocycles. The zero-order valence-electron chi connectivity index (χ0n) is 14.5. The van der Waals surface area contributed by atoms with Gasteiger partial charge in [-0.05, 0) is 24.1 Å². The predicted molar refractivity (Wildman–Crippen MR) is 98.4 cm³/mol. The van der Waals surface area contributed by atoms with Crippen molar-refractivity contribution in [1.82, 2.24) is 9.78 Å². The van der Waals surface area contributed by atoms with E-state index in [1.54, 1.807) is 18.3 Å². The highest BCUT2D eigenvalue weighted by molar-refractivity contribution is 6.32. The first-order valence-corrected chi connectivity index (χ1v) is 8.93. The summed E-state index contributed by atoms with van der Waals surface area (Å²) in [6, 6.07) is 5.29. The number of hydrogen-bond acceptors (Lipinski definition) is 4. The summed E-state index contributed by atoms with van der Waals surface area (Å²) < 4.78 is 7.12. The second kappa shape index (κ2) is 7.78. The minimum Gasteiger partial charge on any atom is -0.482 e. The highest BCUT2D eigenvalue weighted by atomic mass is 35.5. The van der Waals surface area contributed by atoms with Gasteiger partial charge in [-0.1, -0.05) is 31.0 Å². The van der Waals surface area contributed by atoms with Crippen LogP contribution in [0.2, 0.25) is 5.02 Å². The number of primary amides is 1. The maximum absolute atomic E-state index is 12.2. The third-order valence-corrected chi connectivity index (χ3v) is 4.64. The number of unbranched alkanes of at least 4 members (excludes halogenated alkanes) is 1. The lowest BCUT2D eigenvalue weighted by molar-refractivity contribution is -0.120. The molecule has 1 aromatic heterocycles. The first-order chi connectivity index (χ1) is 12.5. The van der Waals surface area contributed by atoms with Crippen molar-refractivity contribution in [3.05, 3.63) is 40.5 Å². The third kappa shape index (κ3) is 3.83. The number of anilines is 1. The molecule has 1 aliphatic heterocycles. The number of hydrogen-bond donors (Lipinski definition) is 2. The lowest BCUT2D eigenvalue weighted by Gasteiger charge is -2.24. The number of rotatable bonds is 7. The zero-order valence-corrected chi connectivity index (χ0v) is 15.3. The lowest BCUT2D eigenvalue weighted by atomic mass is 9.87. The van der Waals surface area contributed by atoms with E-state index < -0.39 is 5.91 Å². The van der Waals surface area contributed by atoms with Gasteiger partial charge in [-0.2, -0.15) is 5.10 Å². The van der Waals surface area contributed by atoms with Gasteiger partial charge in [0, 0.05) is 24.4 Å². The Hall–Kier alpha value is -2.54. The number of carbonyl (C=O) groups excluding carboxylic acids is 2. The Bertz CT molecular complexity index is 834. The van der Waals surface area contributed by atoms with Crippen molar-refractivity contribution in [3.63, 3.8) is 0 Å². The summed E-state index contributed by atoms with van der Waals surface area (Å²) in [6.07, 6.45) is 4.17. The molecule has 3 N–H and O–H groups in total. The zero-order chi connectivity index (χ0) is 18.7. The van der Waals surface area contributed by atoms with Gasteiger partial charge in [0.2, 0.25) is 5.91 Å². The molecule has 0 aliphatic carbocycles. The Kier molecular flexibility index (Phi) is 5.46. The van der Waals surface area contributed by atoms with Gasteiger partial charge < -0.3 is 15.8 Å². The molecule has 2 aromatic rings. The molecule has 0 saturated carbocycles. The van der Waals surface area contributed by atoms with E-state index in [9.17, 15) is 9.59 Å². The minimum absolute atomic E-state index is 0.0501. The van der Waals surface area contributed by atoms with Crippen molar-refractivity contribution in [2.45, 2.75) is 38.6 Å². The number of carbonyl (C=O) groups is 2. The van der Waals surface area contributed by atoms with Gasteiger partial charge in [0.15, 0.2) is 6.61 Å². The summed E-state index contributed by atoms with van der Waals surface area (Å²) in [5.41, 5.74) is 6.95. The summed E-state index contributed by atoms with van der Waals surface area (Å²) in [4.78, 5) is 23.1. The van der Waals surface area contributed by atoms with Crippen molar-refractivity contribution in [1.29, 1.82) is 0 Å². The Morgan fingerprint density at radius 3 is 3.00 bits per heavy atom. The number of nitrogens with one attached hydrogen (secondary N) is 1. The van der Waals surface area contributed by atoms with E-state index in [0.717, 1.165) is 36.3 Å². The normalized spacial score (nSPS) is 16.1. The topological polar surface area (TPSA) is 99.2 Å². The van der Waals surface area contributed by atoms with Gasteiger partial charge in [0.1, 0.15) is 11.6 Å². The van der Waals surface area contributed by atoms with Gasteiger partial charge in [-0.15, -0.1) is 0 Å². The summed E-state index contributed by atoms with van der Waals surface area (Å²) >= 11 is 6.27. The Balaban J connectivity index is 1.88. The third-order valence-electron chi connectivity index (χ3n) is 4.34. The standard InChI is InChI=1S/C18H21ClN4O3/c1-2-3-6-23-18-13(9-21-23)12(8-17(25)22-18)11-4-5-15(14(19)7-11)26-10-16(20)24/h4-5,7,9,12H,2-3,6,8,10H2,1H3,(H2,20,24)(H,22,25)/t12-/m0/s1. The van der Waals surface area contributed by atoms with Crippen LogP contribution in [0.5, 0.6) is 5.75 Å². The average molecular weight is 377 g/mol. The molecule has 1 aromatic carbocycles. The minimum atomic E-state index is -0.571. The molecule has 2 amide bonds. The molecular formula is C18H21ClN4O3. The van der Waals surface area contributed by atoms with Gasteiger partial charge in [0.25, 0.3) is 5.91 Å². The molecule has 0 bridgehead atoms. The molecule has 0 unspecified atom stereocenters. The first-order valence-electron chi connectivity index (χ1n) is 8.55. The number of aromatic nitrogens is 2. The van der Waals surface area contributed by atoms with Crippen LogP contribution in [-0.2, 0) is 16.1 Å². The molecule has 138 valence electrons. The number of benzene rings is 1. The average Bonchev–Trinajstić information content (AvgIpc) is 3.00. The summed E-state index contributed by atoms with van der Waals surface area (Å²) in [5, 5.41) is 7.73. The van der Waals surface area contributed by atoms with Crippen LogP contribution < -0.4 is 15.8 Å². The molecule has 0 fully saturated rings. The summed E-state index contributed by atoms with van der Waals surface area (Å²) in [5.74, 6) is 0.388. The van der Waals surface area contributed by atoms with Crippen molar-refractivity contribution in [2.24, 2.45) is 5.73 Å². The van der Waals surface area contributed by atoms with E-state index in [1.165, 1.54) is 0 Å². The highest BCUT2D eigenvalue weighted by Gasteiger charge is 2.30. The second-order valence-electron chi connectivity index (χ2n) is 6.27. The maximum atomic E-state index is 12.2. The van der Waals surface area contributed by atoms with Crippen molar-refractivity contribution in [3.8, 4) is 5.75 Å². The molecule has 8 heteroatoms. The van der Waals surface area contributed by atoms with Crippen LogP contribution in [0, 0.1) is 0 Å². The SMILES string of the molecule is CCCCn1ncc2c1NC(=O)C[C@H]2c1ccc(OCC(N)=O)c(Cl)c1. The Morgan fingerprint density at radius 2 is 2.31 bits per heavy atom. The van der Waals surface area contributed by atoms with E-state index in [2.05, 4.69) is 17.3 Å². The van der Waals surface area contributed by atoms with Crippen LogP contribution in [-0.4, -0.2) is 28.2 Å². The van der Waals surface area contributed by atoms with Gasteiger partial charge >= 0.3 is 0 Å². The molecule has 7 nitrogen and oxygen atoms in total.